The van der Waals surface area contributed by atoms with E-state index in [9.17, 15) is 14.4 Å². The lowest BCUT2D eigenvalue weighted by Gasteiger charge is -2.29. The van der Waals surface area contributed by atoms with Crippen LogP contribution in [0.5, 0.6) is 0 Å². The predicted molar refractivity (Wildman–Crippen MR) is 156 cm³/mol. The van der Waals surface area contributed by atoms with Gasteiger partial charge in [-0.1, -0.05) is 69.0 Å². The van der Waals surface area contributed by atoms with E-state index >= 15 is 0 Å². The van der Waals surface area contributed by atoms with Crippen LogP contribution in [-0.4, -0.2) is 31.1 Å². The van der Waals surface area contributed by atoms with Crippen LogP contribution in [0, 0.1) is 19.8 Å². The first kappa shape index (κ1) is 28.1. The van der Waals surface area contributed by atoms with E-state index < -0.39 is 23.9 Å². The molecule has 7 nitrogen and oxygen atoms in total. The number of methoxy groups -OCH3 is 1. The summed E-state index contributed by atoms with van der Waals surface area (Å²) < 4.78 is 5.05. The highest BCUT2D eigenvalue weighted by molar-refractivity contribution is 6.10. The number of hydrogen-bond donors (Lipinski definition) is 3. The van der Waals surface area contributed by atoms with Gasteiger partial charge in [0.25, 0.3) is 5.91 Å². The topological polar surface area (TPSA) is 96.5 Å². The van der Waals surface area contributed by atoms with Crippen LogP contribution in [0.2, 0.25) is 0 Å². The second-order valence-corrected chi connectivity index (χ2v) is 10.6. The summed E-state index contributed by atoms with van der Waals surface area (Å²) in [5.74, 6) is -0.842. The number of amides is 3. The highest BCUT2D eigenvalue weighted by Crippen LogP contribution is 2.29. The molecule has 3 aromatic carbocycles. The van der Waals surface area contributed by atoms with E-state index in [-0.39, 0.29) is 5.92 Å². The van der Waals surface area contributed by atoms with E-state index in [4.69, 9.17) is 4.74 Å². The van der Waals surface area contributed by atoms with Crippen molar-refractivity contribution in [3.8, 4) is 0 Å². The second-order valence-electron chi connectivity index (χ2n) is 10.6. The minimum atomic E-state index is -0.733. The van der Waals surface area contributed by atoms with Crippen molar-refractivity contribution in [2.24, 2.45) is 5.92 Å². The summed E-state index contributed by atoms with van der Waals surface area (Å²) in [6.45, 7) is 6.11. The van der Waals surface area contributed by atoms with Crippen molar-refractivity contribution >= 4 is 40.1 Å². The fourth-order valence-corrected chi connectivity index (χ4v) is 5.66. The van der Waals surface area contributed by atoms with Crippen LogP contribution in [0.15, 0.2) is 48.5 Å². The van der Waals surface area contributed by atoms with Crippen LogP contribution in [0.1, 0.15) is 72.5 Å². The maximum absolute atomic E-state index is 13.6. The summed E-state index contributed by atoms with van der Waals surface area (Å²) in [6.07, 6.45) is 6.94. The van der Waals surface area contributed by atoms with Crippen molar-refractivity contribution in [3.63, 3.8) is 0 Å². The van der Waals surface area contributed by atoms with Gasteiger partial charge in [0.05, 0.1) is 18.4 Å². The summed E-state index contributed by atoms with van der Waals surface area (Å²) in [7, 11) is 1.34. The van der Waals surface area contributed by atoms with Gasteiger partial charge in [-0.3, -0.25) is 4.79 Å². The summed E-state index contributed by atoms with van der Waals surface area (Å²) >= 11 is 0. The van der Waals surface area contributed by atoms with E-state index in [0.29, 0.717) is 11.3 Å². The van der Waals surface area contributed by atoms with Crippen LogP contribution in [0.4, 0.5) is 16.2 Å². The number of rotatable bonds is 8. The molecular formula is C32H39N3O4. The average molecular weight is 530 g/mol. The van der Waals surface area contributed by atoms with Gasteiger partial charge in [0.1, 0.15) is 6.04 Å². The zero-order valence-corrected chi connectivity index (χ0v) is 23.4. The molecule has 1 fully saturated rings. The zero-order chi connectivity index (χ0) is 27.9. The Morgan fingerprint density at radius 1 is 0.923 bits per heavy atom. The molecule has 0 aliphatic heterocycles. The fraction of sp³-hybridized carbons (Fsp3) is 0.406. The second kappa shape index (κ2) is 12.8. The Morgan fingerprint density at radius 3 is 2.18 bits per heavy atom. The molecule has 0 unspecified atom stereocenters. The summed E-state index contributed by atoms with van der Waals surface area (Å²) in [6, 6.07) is 14.2. The van der Waals surface area contributed by atoms with E-state index in [2.05, 4.69) is 35.0 Å². The Morgan fingerprint density at radius 2 is 1.56 bits per heavy atom. The van der Waals surface area contributed by atoms with Gasteiger partial charge < -0.3 is 20.7 Å². The minimum Gasteiger partial charge on any atom is -0.467 e. The molecule has 0 saturated heterocycles. The molecule has 0 heterocycles. The number of fused-ring (bicyclic) bond motifs is 1. The number of carbonyl (C=O) groups is 3. The zero-order valence-electron chi connectivity index (χ0n) is 23.4. The molecule has 206 valence electrons. The molecule has 3 aromatic rings. The first-order chi connectivity index (χ1) is 18.8. The molecule has 1 aliphatic rings. The normalized spacial score (nSPS) is 14.5. The third-order valence-corrected chi connectivity index (χ3v) is 7.61. The molecule has 0 spiro atoms. The van der Waals surface area contributed by atoms with E-state index in [1.165, 1.54) is 12.7 Å². The van der Waals surface area contributed by atoms with Crippen molar-refractivity contribution in [3.05, 3.63) is 70.8 Å². The monoisotopic (exact) mass is 529 g/mol. The Hall–Kier alpha value is -3.87. The van der Waals surface area contributed by atoms with Gasteiger partial charge in [-0.05, 0) is 78.6 Å². The molecule has 1 aliphatic carbocycles. The molecule has 4 rings (SSSR count). The van der Waals surface area contributed by atoms with Crippen molar-refractivity contribution in [2.75, 3.05) is 17.7 Å². The number of nitrogens with one attached hydrogen (secondary N) is 3. The standard InChI is InChI=1S/C32H39N3O4/c1-5-11-22-16-20(2)28(21(3)17-22)35-32(38)33-27-19-25-15-10-9-14-24(25)18-26(27)30(36)34-29(31(37)39-4)23-12-7-6-8-13-23/h9-10,14-19,23,29H,5-8,11-13H2,1-4H3,(H,34,36)(H2,33,35,38)/t29-/m0/s1. The summed E-state index contributed by atoms with van der Waals surface area (Å²) in [5.41, 5.74) is 4.62. The molecule has 3 N–H and O–H groups in total. The van der Waals surface area contributed by atoms with Crippen molar-refractivity contribution in [1.82, 2.24) is 5.32 Å². The lowest BCUT2D eigenvalue weighted by molar-refractivity contribution is -0.144. The molecule has 0 bridgehead atoms. The van der Waals surface area contributed by atoms with Gasteiger partial charge in [0, 0.05) is 5.69 Å². The third-order valence-electron chi connectivity index (χ3n) is 7.61. The van der Waals surface area contributed by atoms with Gasteiger partial charge >= 0.3 is 12.0 Å². The van der Waals surface area contributed by atoms with Crippen LogP contribution >= 0.6 is 0 Å². The van der Waals surface area contributed by atoms with E-state index in [0.717, 1.165) is 72.5 Å². The summed E-state index contributed by atoms with van der Waals surface area (Å²) in [4.78, 5) is 39.5. The van der Waals surface area contributed by atoms with E-state index in [1.807, 2.05) is 38.1 Å². The summed E-state index contributed by atoms with van der Waals surface area (Å²) in [5, 5.41) is 10.5. The fourth-order valence-electron chi connectivity index (χ4n) is 5.66. The molecular weight excluding hydrogens is 490 g/mol. The third kappa shape index (κ3) is 6.77. The molecule has 1 saturated carbocycles. The van der Waals surface area contributed by atoms with Crippen LogP contribution in [-0.2, 0) is 16.0 Å². The highest BCUT2D eigenvalue weighted by Gasteiger charge is 2.32. The minimum absolute atomic E-state index is 0.0249. The molecule has 7 heteroatoms. The number of urea groups is 1. The first-order valence-electron chi connectivity index (χ1n) is 13.9. The Balaban J connectivity index is 1.61. The lowest BCUT2D eigenvalue weighted by atomic mass is 9.83. The number of anilines is 2. The van der Waals surface area contributed by atoms with Gasteiger partial charge in [0.15, 0.2) is 0 Å². The van der Waals surface area contributed by atoms with Gasteiger partial charge in [-0.15, -0.1) is 0 Å². The Labute approximate surface area is 230 Å². The quantitative estimate of drug-likeness (QED) is 0.276. The number of hydrogen-bond acceptors (Lipinski definition) is 4. The Kier molecular flexibility index (Phi) is 9.23. The smallest absolute Gasteiger partial charge is 0.328 e. The first-order valence-corrected chi connectivity index (χ1v) is 13.9. The van der Waals surface area contributed by atoms with Crippen LogP contribution in [0.25, 0.3) is 10.8 Å². The van der Waals surface area contributed by atoms with Crippen LogP contribution in [0.3, 0.4) is 0 Å². The molecule has 39 heavy (non-hydrogen) atoms. The number of benzene rings is 3. The predicted octanol–water partition coefficient (Wildman–Crippen LogP) is 6.90. The van der Waals surface area contributed by atoms with Gasteiger partial charge in [-0.25, -0.2) is 9.59 Å². The van der Waals surface area contributed by atoms with Gasteiger partial charge in [0.2, 0.25) is 0 Å². The lowest BCUT2D eigenvalue weighted by Crippen LogP contribution is -2.47. The number of ether oxygens (including phenoxy) is 1. The molecule has 3 amide bonds. The maximum Gasteiger partial charge on any atom is 0.328 e. The Bertz CT molecular complexity index is 1340. The van der Waals surface area contributed by atoms with Crippen LogP contribution < -0.4 is 16.0 Å². The highest BCUT2D eigenvalue weighted by atomic mass is 16.5. The number of esters is 1. The van der Waals surface area contributed by atoms with Crippen molar-refractivity contribution in [2.45, 2.75) is 71.8 Å². The average Bonchev–Trinajstić information content (AvgIpc) is 2.93. The number of aryl methyl sites for hydroxylation is 3. The van der Waals surface area contributed by atoms with Gasteiger partial charge in [-0.2, -0.15) is 0 Å². The number of carbonyl (C=O) groups excluding carboxylic acids is 3. The van der Waals surface area contributed by atoms with Crippen molar-refractivity contribution in [1.29, 1.82) is 0 Å². The van der Waals surface area contributed by atoms with Crippen molar-refractivity contribution < 1.29 is 19.1 Å². The molecule has 0 radical (unpaired) electrons. The largest absolute Gasteiger partial charge is 0.467 e. The molecule has 0 aromatic heterocycles. The molecule has 1 atom stereocenters. The maximum atomic E-state index is 13.6. The van der Waals surface area contributed by atoms with E-state index in [1.54, 1.807) is 12.1 Å². The SMILES string of the molecule is CCCc1cc(C)c(NC(=O)Nc2cc3ccccc3cc2C(=O)N[C@H](C(=O)OC)C2CCCCC2)c(C)c1.